The van der Waals surface area contributed by atoms with Crippen LogP contribution in [0.25, 0.3) is 0 Å². The molecule has 34 heavy (non-hydrogen) atoms. The van der Waals surface area contributed by atoms with Gasteiger partial charge in [-0.25, -0.2) is 23.2 Å². The summed E-state index contributed by atoms with van der Waals surface area (Å²) in [5, 5.41) is 3.27. The first-order chi connectivity index (χ1) is 16.2. The molecule has 3 fully saturated rings. The van der Waals surface area contributed by atoms with Gasteiger partial charge in [-0.3, -0.25) is 9.80 Å². The Hall–Kier alpha value is -2.72. The van der Waals surface area contributed by atoms with E-state index in [0.29, 0.717) is 31.3 Å². The van der Waals surface area contributed by atoms with Gasteiger partial charge in [0.05, 0.1) is 41.7 Å². The van der Waals surface area contributed by atoms with E-state index < -0.39 is 9.84 Å². The van der Waals surface area contributed by atoms with E-state index in [1.165, 1.54) is 5.56 Å². The second kappa shape index (κ2) is 8.49. The van der Waals surface area contributed by atoms with Crippen molar-refractivity contribution >= 4 is 27.5 Å². The van der Waals surface area contributed by atoms with Crippen LogP contribution >= 0.6 is 0 Å². The largest absolute Gasteiger partial charge is 0.339 e. The van der Waals surface area contributed by atoms with Crippen LogP contribution in [0.2, 0.25) is 0 Å². The number of nitrogens with zero attached hydrogens (tertiary/aromatic N) is 5. The van der Waals surface area contributed by atoms with Crippen molar-refractivity contribution in [1.29, 1.82) is 0 Å². The van der Waals surface area contributed by atoms with E-state index in [-0.39, 0.29) is 28.6 Å². The molecule has 182 valence electrons. The van der Waals surface area contributed by atoms with E-state index in [2.05, 4.69) is 58.5 Å². The highest BCUT2D eigenvalue weighted by Crippen LogP contribution is 2.46. The predicted molar refractivity (Wildman–Crippen MR) is 132 cm³/mol. The van der Waals surface area contributed by atoms with Gasteiger partial charge in [0, 0.05) is 18.6 Å². The Morgan fingerprint density at radius 2 is 1.59 bits per heavy atom. The smallest absolute Gasteiger partial charge is 0.322 e. The lowest BCUT2D eigenvalue weighted by Gasteiger charge is -2.48. The number of nitrogens with one attached hydrogen (secondary N) is 1. The van der Waals surface area contributed by atoms with Crippen molar-refractivity contribution in [2.75, 3.05) is 55.0 Å². The van der Waals surface area contributed by atoms with E-state index in [1.807, 2.05) is 11.0 Å². The molecule has 0 radical (unpaired) electrons. The van der Waals surface area contributed by atoms with Gasteiger partial charge in [-0.15, -0.1) is 0 Å². The highest BCUT2D eigenvalue weighted by Gasteiger charge is 2.50. The average Bonchev–Trinajstić information content (AvgIpc) is 3.16. The number of hydrogen-bond donors (Lipinski definition) is 1. The van der Waals surface area contributed by atoms with Crippen LogP contribution in [0.3, 0.4) is 0 Å². The van der Waals surface area contributed by atoms with Crippen LogP contribution in [0.1, 0.15) is 31.2 Å². The first kappa shape index (κ1) is 23.0. The Morgan fingerprint density at radius 3 is 2.18 bits per heavy atom. The summed E-state index contributed by atoms with van der Waals surface area (Å²) in [6.07, 6.45) is 7.05. The fourth-order valence-corrected chi connectivity index (χ4v) is 6.82. The van der Waals surface area contributed by atoms with Crippen molar-refractivity contribution in [3.05, 3.63) is 48.3 Å². The fraction of sp³-hybridized carbons (Fsp3) is 0.542. The minimum absolute atomic E-state index is 0.0304. The molecule has 1 N–H and O–H groups in total. The molecule has 1 spiro atoms. The van der Waals surface area contributed by atoms with Gasteiger partial charge in [-0.05, 0) is 45.3 Å². The van der Waals surface area contributed by atoms with Crippen molar-refractivity contribution < 1.29 is 13.2 Å². The molecule has 1 aliphatic carbocycles. The van der Waals surface area contributed by atoms with Crippen molar-refractivity contribution in [3.8, 4) is 0 Å². The number of amides is 2. The van der Waals surface area contributed by atoms with Gasteiger partial charge in [-0.2, -0.15) is 0 Å². The van der Waals surface area contributed by atoms with E-state index in [4.69, 9.17) is 0 Å². The van der Waals surface area contributed by atoms with Crippen LogP contribution in [0.5, 0.6) is 0 Å². The SMILES string of the molecule is CN(C)[C@]1(c2ccccc2)CC[C@]2(CC1)CN(c1cnc(N3CCS(=O)(=O)CC3)nc1)C(=O)N2. The zero-order valence-corrected chi connectivity index (χ0v) is 20.6. The number of rotatable bonds is 4. The molecule has 2 saturated heterocycles. The maximum absolute atomic E-state index is 12.9. The third kappa shape index (κ3) is 4.13. The predicted octanol–water partition coefficient (Wildman–Crippen LogP) is 2.01. The lowest BCUT2D eigenvalue weighted by molar-refractivity contribution is 0.0658. The Labute approximate surface area is 201 Å². The van der Waals surface area contributed by atoms with Gasteiger partial charge in [0.15, 0.2) is 9.84 Å². The Bertz CT molecular complexity index is 1130. The van der Waals surface area contributed by atoms with E-state index in [9.17, 15) is 13.2 Å². The highest BCUT2D eigenvalue weighted by atomic mass is 32.2. The van der Waals surface area contributed by atoms with Crippen LogP contribution < -0.4 is 15.1 Å². The monoisotopic (exact) mass is 484 g/mol. The van der Waals surface area contributed by atoms with Crippen molar-refractivity contribution in [2.45, 2.75) is 36.8 Å². The maximum Gasteiger partial charge on any atom is 0.322 e. The van der Waals surface area contributed by atoms with Crippen LogP contribution in [0.15, 0.2) is 42.7 Å². The van der Waals surface area contributed by atoms with Crippen LogP contribution in [0.4, 0.5) is 16.4 Å². The quantitative estimate of drug-likeness (QED) is 0.709. The molecule has 2 aliphatic heterocycles. The maximum atomic E-state index is 12.9. The number of sulfone groups is 1. The zero-order valence-electron chi connectivity index (χ0n) is 19.8. The number of urea groups is 1. The van der Waals surface area contributed by atoms with Gasteiger partial charge >= 0.3 is 6.03 Å². The number of aromatic nitrogens is 2. The lowest BCUT2D eigenvalue weighted by Crippen LogP contribution is -2.54. The summed E-state index contributed by atoms with van der Waals surface area (Å²) in [5.74, 6) is 0.739. The molecule has 1 saturated carbocycles. The third-order valence-electron chi connectivity index (χ3n) is 7.84. The van der Waals surface area contributed by atoms with Crippen LogP contribution in [0, 0.1) is 0 Å². The molecule has 3 aliphatic rings. The van der Waals surface area contributed by atoms with Gasteiger partial charge in [0.1, 0.15) is 0 Å². The Morgan fingerprint density at radius 1 is 0.971 bits per heavy atom. The molecule has 5 rings (SSSR count). The summed E-state index contributed by atoms with van der Waals surface area (Å²) in [7, 11) is 1.32. The Balaban J connectivity index is 1.28. The first-order valence-corrected chi connectivity index (χ1v) is 13.6. The van der Waals surface area contributed by atoms with Gasteiger partial charge in [0.2, 0.25) is 5.95 Å². The minimum Gasteiger partial charge on any atom is -0.339 e. The van der Waals surface area contributed by atoms with E-state index >= 15 is 0 Å². The number of carbonyl (C=O) groups is 1. The van der Waals surface area contributed by atoms with E-state index in [0.717, 1.165) is 25.7 Å². The summed E-state index contributed by atoms with van der Waals surface area (Å²) >= 11 is 0. The molecular weight excluding hydrogens is 452 g/mol. The zero-order chi connectivity index (χ0) is 24.0. The van der Waals surface area contributed by atoms with Crippen LogP contribution in [-0.4, -0.2) is 80.1 Å². The normalized spacial score (nSPS) is 29.0. The summed E-state index contributed by atoms with van der Waals surface area (Å²) in [4.78, 5) is 27.8. The van der Waals surface area contributed by atoms with Gasteiger partial charge in [0.25, 0.3) is 0 Å². The van der Waals surface area contributed by atoms with Gasteiger partial charge in [-0.1, -0.05) is 30.3 Å². The minimum atomic E-state index is -2.96. The average molecular weight is 485 g/mol. The molecule has 1 aromatic carbocycles. The summed E-state index contributed by atoms with van der Waals surface area (Å²) in [6.45, 7) is 1.38. The number of carbonyl (C=O) groups excluding carboxylic acids is 1. The highest BCUT2D eigenvalue weighted by molar-refractivity contribution is 7.91. The van der Waals surface area contributed by atoms with Crippen molar-refractivity contribution in [2.24, 2.45) is 0 Å². The molecule has 2 aromatic rings. The second-order valence-corrected chi connectivity index (χ2v) is 12.3. The summed E-state index contributed by atoms with van der Waals surface area (Å²) in [6, 6.07) is 10.5. The van der Waals surface area contributed by atoms with Crippen LogP contribution in [-0.2, 0) is 15.4 Å². The molecular formula is C24H32N6O3S. The van der Waals surface area contributed by atoms with E-state index in [1.54, 1.807) is 17.3 Å². The first-order valence-electron chi connectivity index (χ1n) is 11.8. The number of hydrogen-bond acceptors (Lipinski definition) is 7. The van der Waals surface area contributed by atoms with Crippen molar-refractivity contribution in [1.82, 2.24) is 20.2 Å². The molecule has 9 nitrogen and oxygen atoms in total. The molecule has 1 aromatic heterocycles. The topological polar surface area (TPSA) is 98.7 Å². The molecule has 0 unspecified atom stereocenters. The lowest BCUT2D eigenvalue weighted by atomic mass is 9.69. The molecule has 2 amide bonds. The molecule has 0 atom stereocenters. The number of benzene rings is 1. The van der Waals surface area contributed by atoms with Crippen molar-refractivity contribution in [3.63, 3.8) is 0 Å². The molecule has 3 heterocycles. The van der Waals surface area contributed by atoms with Gasteiger partial charge < -0.3 is 10.2 Å². The number of anilines is 2. The molecule has 0 bridgehead atoms. The fourth-order valence-electron chi connectivity index (χ4n) is 5.61. The third-order valence-corrected chi connectivity index (χ3v) is 9.45. The molecule has 10 heteroatoms. The Kier molecular flexibility index (Phi) is 5.76. The standard InChI is InChI=1S/C24H32N6O3S/c1-28(2)24(19-6-4-3-5-7-19)10-8-23(9-11-24)18-30(22(31)27-23)20-16-25-21(26-17-20)29-12-14-34(32,33)15-13-29/h3-7,16-17H,8-15,18H2,1-2H3,(H,27,31)/t23-,24+. The summed E-state index contributed by atoms with van der Waals surface area (Å²) in [5.41, 5.74) is 1.70. The second-order valence-electron chi connectivity index (χ2n) is 9.97. The summed E-state index contributed by atoms with van der Waals surface area (Å²) < 4.78 is 23.4.